The predicted octanol–water partition coefficient (Wildman–Crippen LogP) is 0.737. The van der Waals surface area contributed by atoms with E-state index in [1.165, 1.54) is 6.54 Å². The van der Waals surface area contributed by atoms with Gasteiger partial charge in [0.1, 0.15) is 0 Å². The minimum atomic E-state index is 0.722. The van der Waals surface area contributed by atoms with Gasteiger partial charge in [-0.1, -0.05) is 18.2 Å². The van der Waals surface area contributed by atoms with E-state index < -0.39 is 0 Å². The maximum Gasteiger partial charge on any atom is 0.0512 e. The normalized spacial score (nSPS) is 9.44. The summed E-state index contributed by atoms with van der Waals surface area (Å²) in [6, 6.07) is 7.46. The van der Waals surface area contributed by atoms with Crippen LogP contribution >= 0.6 is 0 Å². The molecule has 2 heteroatoms. The Hall–Kier alpha value is -1.02. The summed E-state index contributed by atoms with van der Waals surface area (Å²) in [5, 5.41) is 0. The molecule has 0 saturated heterocycles. The lowest BCUT2D eigenvalue weighted by atomic mass is 10.2. The van der Waals surface area contributed by atoms with E-state index in [2.05, 4.69) is 0 Å². The largest absolute Gasteiger partial charge is 0.398 e. The van der Waals surface area contributed by atoms with Crippen LogP contribution in [-0.2, 0) is 0 Å². The van der Waals surface area contributed by atoms with Crippen LogP contribution in [0, 0.1) is 6.54 Å². The average molecular weight is 121 g/mol. The Morgan fingerprint density at radius 3 is 2.33 bits per heavy atom. The van der Waals surface area contributed by atoms with Crippen molar-refractivity contribution in [3.05, 3.63) is 36.4 Å². The van der Waals surface area contributed by atoms with Gasteiger partial charge in [-0.3, -0.25) is 0 Å². The highest BCUT2D eigenvalue weighted by Crippen LogP contribution is 2.08. The topological polar surface area (TPSA) is 52.0 Å². The Bertz CT molecular complexity index is 196. The second-order valence-corrected chi connectivity index (χ2v) is 1.80. The van der Waals surface area contributed by atoms with Gasteiger partial charge in [0, 0.05) is 5.69 Å². The monoisotopic (exact) mass is 121 g/mol. The van der Waals surface area contributed by atoms with Gasteiger partial charge in [-0.25, -0.2) is 0 Å². The highest BCUT2D eigenvalue weighted by molar-refractivity contribution is 5.49. The lowest BCUT2D eigenvalue weighted by molar-refractivity contribution is 1.36. The summed E-state index contributed by atoms with van der Waals surface area (Å²) >= 11 is 0. The molecule has 0 aromatic heterocycles. The standard InChI is InChI=1S/C7H9N2/c8-5-6-3-1-2-4-7(6)9/h1-5H,8-9H2. The number of nitrogen functional groups attached to an aromatic ring is 1. The van der Waals surface area contributed by atoms with Crippen molar-refractivity contribution in [1.82, 2.24) is 0 Å². The summed E-state index contributed by atoms with van der Waals surface area (Å²) in [6.45, 7) is 1.50. The molecule has 0 heterocycles. The number of rotatable bonds is 1. The third-order valence-corrected chi connectivity index (χ3v) is 1.18. The number of benzene rings is 1. The van der Waals surface area contributed by atoms with Gasteiger partial charge in [-0.15, -0.1) is 0 Å². The fraction of sp³-hybridized carbons (Fsp3) is 0. The summed E-state index contributed by atoms with van der Waals surface area (Å²) in [5.74, 6) is 0. The van der Waals surface area contributed by atoms with Crippen LogP contribution < -0.4 is 11.5 Å². The van der Waals surface area contributed by atoms with E-state index in [1.807, 2.05) is 24.3 Å². The molecule has 47 valence electrons. The molecule has 0 aliphatic rings. The fourth-order valence-corrected chi connectivity index (χ4v) is 0.663. The molecule has 1 aromatic carbocycles. The quantitative estimate of drug-likeness (QED) is 0.538. The van der Waals surface area contributed by atoms with Gasteiger partial charge in [0.05, 0.1) is 6.54 Å². The van der Waals surface area contributed by atoms with Crippen LogP contribution in [0.15, 0.2) is 24.3 Å². The SMILES string of the molecule is N[CH]c1ccccc1N. The molecule has 1 rings (SSSR count). The summed E-state index contributed by atoms with van der Waals surface area (Å²) < 4.78 is 0. The first kappa shape index (κ1) is 6.11. The van der Waals surface area contributed by atoms with Crippen molar-refractivity contribution in [1.29, 1.82) is 0 Å². The molecular weight excluding hydrogens is 112 g/mol. The van der Waals surface area contributed by atoms with Crippen molar-refractivity contribution < 1.29 is 0 Å². The van der Waals surface area contributed by atoms with Crippen LogP contribution in [0.3, 0.4) is 0 Å². The first-order valence-corrected chi connectivity index (χ1v) is 2.74. The van der Waals surface area contributed by atoms with Gasteiger partial charge in [0.15, 0.2) is 0 Å². The Morgan fingerprint density at radius 2 is 1.89 bits per heavy atom. The van der Waals surface area contributed by atoms with Crippen LogP contribution in [0.25, 0.3) is 0 Å². The lowest BCUT2D eigenvalue weighted by Gasteiger charge is -1.97. The Kier molecular flexibility index (Phi) is 1.70. The zero-order valence-corrected chi connectivity index (χ0v) is 5.04. The molecule has 0 atom stereocenters. The van der Waals surface area contributed by atoms with Crippen molar-refractivity contribution in [2.75, 3.05) is 5.73 Å². The molecule has 0 aliphatic heterocycles. The Labute approximate surface area is 54.5 Å². The minimum Gasteiger partial charge on any atom is -0.398 e. The van der Waals surface area contributed by atoms with Crippen molar-refractivity contribution in [2.45, 2.75) is 0 Å². The second-order valence-electron chi connectivity index (χ2n) is 1.80. The molecule has 0 amide bonds. The second kappa shape index (κ2) is 2.51. The first-order valence-electron chi connectivity index (χ1n) is 2.74. The van der Waals surface area contributed by atoms with E-state index in [0.717, 1.165) is 11.3 Å². The predicted molar refractivity (Wildman–Crippen MR) is 38.4 cm³/mol. The van der Waals surface area contributed by atoms with Crippen molar-refractivity contribution in [3.8, 4) is 0 Å². The van der Waals surface area contributed by atoms with Crippen LogP contribution in [-0.4, -0.2) is 0 Å². The van der Waals surface area contributed by atoms with Crippen LogP contribution in [0.1, 0.15) is 5.56 Å². The summed E-state index contributed by atoms with van der Waals surface area (Å²) in [6.07, 6.45) is 0. The average Bonchev–Trinajstić information content (AvgIpc) is 1.89. The Morgan fingerprint density at radius 1 is 1.22 bits per heavy atom. The third kappa shape index (κ3) is 1.21. The fourth-order valence-electron chi connectivity index (χ4n) is 0.663. The van der Waals surface area contributed by atoms with E-state index >= 15 is 0 Å². The lowest BCUT2D eigenvalue weighted by Crippen LogP contribution is -1.97. The first-order chi connectivity index (χ1) is 4.34. The highest BCUT2D eigenvalue weighted by atomic mass is 14.6. The van der Waals surface area contributed by atoms with E-state index in [4.69, 9.17) is 11.5 Å². The van der Waals surface area contributed by atoms with E-state index in [-0.39, 0.29) is 0 Å². The molecule has 0 fully saturated rings. The molecule has 2 nitrogen and oxygen atoms in total. The maximum atomic E-state index is 5.52. The maximum absolute atomic E-state index is 5.52. The third-order valence-electron chi connectivity index (χ3n) is 1.18. The molecule has 0 aliphatic carbocycles. The molecule has 0 spiro atoms. The van der Waals surface area contributed by atoms with Crippen molar-refractivity contribution in [3.63, 3.8) is 0 Å². The number of nitrogens with two attached hydrogens (primary N) is 2. The van der Waals surface area contributed by atoms with Crippen molar-refractivity contribution >= 4 is 5.69 Å². The molecule has 0 bridgehead atoms. The van der Waals surface area contributed by atoms with Gasteiger partial charge in [0.2, 0.25) is 0 Å². The van der Waals surface area contributed by atoms with Gasteiger partial charge < -0.3 is 11.5 Å². The molecule has 0 saturated carbocycles. The van der Waals surface area contributed by atoms with Crippen LogP contribution in [0.5, 0.6) is 0 Å². The minimum absolute atomic E-state index is 0.722. The summed E-state index contributed by atoms with van der Waals surface area (Å²) in [7, 11) is 0. The molecule has 0 unspecified atom stereocenters. The van der Waals surface area contributed by atoms with E-state index in [9.17, 15) is 0 Å². The molecule has 1 aromatic rings. The zero-order valence-electron chi connectivity index (χ0n) is 5.04. The van der Waals surface area contributed by atoms with Crippen LogP contribution in [0.2, 0.25) is 0 Å². The smallest absolute Gasteiger partial charge is 0.0512 e. The number of anilines is 1. The number of hydrogen-bond donors (Lipinski definition) is 2. The molecular formula is C7H9N2. The molecule has 9 heavy (non-hydrogen) atoms. The van der Waals surface area contributed by atoms with E-state index in [0.29, 0.717) is 0 Å². The van der Waals surface area contributed by atoms with E-state index in [1.54, 1.807) is 0 Å². The molecule has 4 N–H and O–H groups in total. The Balaban J connectivity index is 3.01. The number of hydrogen-bond acceptors (Lipinski definition) is 2. The summed E-state index contributed by atoms with van der Waals surface area (Å²) in [5.41, 5.74) is 12.4. The van der Waals surface area contributed by atoms with Crippen LogP contribution in [0.4, 0.5) is 5.69 Å². The van der Waals surface area contributed by atoms with Gasteiger partial charge in [-0.2, -0.15) is 0 Å². The zero-order chi connectivity index (χ0) is 6.69. The van der Waals surface area contributed by atoms with Crippen molar-refractivity contribution in [2.24, 2.45) is 5.73 Å². The van der Waals surface area contributed by atoms with Gasteiger partial charge >= 0.3 is 0 Å². The van der Waals surface area contributed by atoms with Gasteiger partial charge in [-0.05, 0) is 11.6 Å². The summed E-state index contributed by atoms with van der Waals surface area (Å²) in [4.78, 5) is 0. The van der Waals surface area contributed by atoms with Gasteiger partial charge in [0.25, 0.3) is 0 Å². The highest BCUT2D eigenvalue weighted by Gasteiger charge is 1.91. The molecule has 1 radical (unpaired) electrons. The number of para-hydroxylation sites is 1.